The molecule has 6 heteroatoms. The van der Waals surface area contributed by atoms with Crippen molar-refractivity contribution in [2.24, 2.45) is 0 Å². The molecule has 1 aliphatic rings. The van der Waals surface area contributed by atoms with E-state index in [0.717, 1.165) is 29.9 Å². The van der Waals surface area contributed by atoms with E-state index in [0.29, 0.717) is 29.9 Å². The minimum absolute atomic E-state index is 0.127. The Hall–Kier alpha value is -3.41. The van der Waals surface area contributed by atoms with Crippen LogP contribution in [0, 0.1) is 20.8 Å². The van der Waals surface area contributed by atoms with Gasteiger partial charge in [-0.1, -0.05) is 35.9 Å². The summed E-state index contributed by atoms with van der Waals surface area (Å²) in [6.07, 6.45) is 1.45. The second-order valence-corrected chi connectivity index (χ2v) is 7.84. The van der Waals surface area contributed by atoms with E-state index in [1.165, 1.54) is 5.56 Å². The molecule has 1 N–H and O–H groups in total. The molecule has 0 unspecified atom stereocenters. The first-order chi connectivity index (χ1) is 14.4. The molecule has 2 amide bonds. The Bertz CT molecular complexity index is 1100. The molecule has 6 nitrogen and oxygen atoms in total. The summed E-state index contributed by atoms with van der Waals surface area (Å²) in [7, 11) is 0. The monoisotopic (exact) mass is 402 g/mol. The molecule has 3 aromatic rings. The predicted octanol–water partition coefficient (Wildman–Crippen LogP) is 4.24. The van der Waals surface area contributed by atoms with Crippen LogP contribution in [-0.2, 0) is 11.3 Å². The maximum atomic E-state index is 13.0. The average Bonchev–Trinajstić information content (AvgIpc) is 3.26. The second-order valence-electron chi connectivity index (χ2n) is 7.84. The van der Waals surface area contributed by atoms with Crippen molar-refractivity contribution >= 4 is 23.2 Å². The summed E-state index contributed by atoms with van der Waals surface area (Å²) in [4.78, 5) is 26.8. The van der Waals surface area contributed by atoms with Crippen LogP contribution in [0.5, 0.6) is 0 Å². The highest BCUT2D eigenvalue weighted by atomic mass is 16.2. The first kappa shape index (κ1) is 19.9. The number of carbonyl (C=O) groups is 2. The van der Waals surface area contributed by atoms with E-state index in [-0.39, 0.29) is 11.8 Å². The third kappa shape index (κ3) is 3.99. The maximum Gasteiger partial charge on any atom is 0.259 e. The SMILES string of the molecule is Cc1ccc(Cn2nc(C)c(C(=O)Nc3cccc(N4CCCC4=O)c3)c2C)cc1. The van der Waals surface area contributed by atoms with Crippen molar-refractivity contribution in [3.8, 4) is 0 Å². The number of nitrogens with zero attached hydrogens (tertiary/aromatic N) is 3. The average molecular weight is 402 g/mol. The summed E-state index contributed by atoms with van der Waals surface area (Å²) in [5.41, 5.74) is 5.96. The maximum absolute atomic E-state index is 13.0. The van der Waals surface area contributed by atoms with Crippen molar-refractivity contribution in [3.05, 3.63) is 76.6 Å². The normalized spacial score (nSPS) is 13.7. The van der Waals surface area contributed by atoms with E-state index < -0.39 is 0 Å². The van der Waals surface area contributed by atoms with Gasteiger partial charge in [0.05, 0.1) is 17.8 Å². The van der Waals surface area contributed by atoms with Crippen molar-refractivity contribution in [2.45, 2.75) is 40.2 Å². The van der Waals surface area contributed by atoms with Gasteiger partial charge in [0, 0.05) is 30.0 Å². The summed E-state index contributed by atoms with van der Waals surface area (Å²) in [6, 6.07) is 15.8. The molecular formula is C24H26N4O2. The third-order valence-corrected chi connectivity index (χ3v) is 5.55. The molecule has 0 bridgehead atoms. The standard InChI is InChI=1S/C24H26N4O2/c1-16-9-11-19(12-10-16)15-28-18(3)23(17(2)26-28)24(30)25-20-6-4-7-21(14-20)27-13-5-8-22(27)29/h4,6-7,9-12,14H,5,8,13,15H2,1-3H3,(H,25,30). The number of aromatic nitrogens is 2. The van der Waals surface area contributed by atoms with Gasteiger partial charge in [0.15, 0.2) is 0 Å². The number of nitrogens with one attached hydrogen (secondary N) is 1. The zero-order valence-electron chi connectivity index (χ0n) is 17.6. The molecule has 0 saturated carbocycles. The summed E-state index contributed by atoms with van der Waals surface area (Å²) < 4.78 is 1.87. The van der Waals surface area contributed by atoms with Crippen LogP contribution in [0.1, 0.15) is 45.7 Å². The van der Waals surface area contributed by atoms with Crippen LogP contribution in [0.3, 0.4) is 0 Å². The van der Waals surface area contributed by atoms with Gasteiger partial charge in [-0.2, -0.15) is 5.10 Å². The highest BCUT2D eigenvalue weighted by Crippen LogP contribution is 2.25. The number of hydrogen-bond acceptors (Lipinski definition) is 3. The lowest BCUT2D eigenvalue weighted by Gasteiger charge is -2.16. The summed E-state index contributed by atoms with van der Waals surface area (Å²) in [5, 5.41) is 7.56. The van der Waals surface area contributed by atoms with Gasteiger partial charge in [0.25, 0.3) is 5.91 Å². The summed E-state index contributed by atoms with van der Waals surface area (Å²) in [6.45, 7) is 7.17. The van der Waals surface area contributed by atoms with Crippen LogP contribution < -0.4 is 10.2 Å². The Kier molecular flexibility index (Phi) is 5.40. The minimum Gasteiger partial charge on any atom is -0.322 e. The van der Waals surface area contributed by atoms with Crippen LogP contribution in [0.25, 0.3) is 0 Å². The van der Waals surface area contributed by atoms with Gasteiger partial charge < -0.3 is 10.2 Å². The lowest BCUT2D eigenvalue weighted by molar-refractivity contribution is -0.117. The van der Waals surface area contributed by atoms with Crippen LogP contribution in [0.4, 0.5) is 11.4 Å². The van der Waals surface area contributed by atoms with E-state index in [1.54, 1.807) is 4.90 Å². The van der Waals surface area contributed by atoms with Crippen molar-refractivity contribution in [2.75, 3.05) is 16.8 Å². The number of aryl methyl sites for hydroxylation is 2. The van der Waals surface area contributed by atoms with E-state index in [9.17, 15) is 9.59 Å². The molecule has 0 radical (unpaired) electrons. The Balaban J connectivity index is 1.53. The zero-order chi connectivity index (χ0) is 21.3. The molecule has 0 spiro atoms. The summed E-state index contributed by atoms with van der Waals surface area (Å²) in [5.74, 6) is -0.0624. The molecule has 1 saturated heterocycles. The van der Waals surface area contributed by atoms with Crippen molar-refractivity contribution < 1.29 is 9.59 Å². The predicted molar refractivity (Wildman–Crippen MR) is 118 cm³/mol. The van der Waals surface area contributed by atoms with Gasteiger partial charge >= 0.3 is 0 Å². The molecule has 1 fully saturated rings. The summed E-state index contributed by atoms with van der Waals surface area (Å²) >= 11 is 0. The fourth-order valence-corrected chi connectivity index (χ4v) is 3.91. The highest BCUT2D eigenvalue weighted by molar-refractivity contribution is 6.06. The molecule has 30 heavy (non-hydrogen) atoms. The Morgan fingerprint density at radius 1 is 1.10 bits per heavy atom. The van der Waals surface area contributed by atoms with Crippen molar-refractivity contribution in [1.29, 1.82) is 0 Å². The van der Waals surface area contributed by atoms with Gasteiger partial charge in [-0.3, -0.25) is 14.3 Å². The molecular weight excluding hydrogens is 376 g/mol. The lowest BCUT2D eigenvalue weighted by Crippen LogP contribution is -2.23. The van der Waals surface area contributed by atoms with E-state index in [2.05, 4.69) is 41.6 Å². The van der Waals surface area contributed by atoms with Crippen LogP contribution in [-0.4, -0.2) is 28.1 Å². The lowest BCUT2D eigenvalue weighted by atomic mass is 10.1. The number of anilines is 2. The first-order valence-electron chi connectivity index (χ1n) is 10.2. The van der Waals surface area contributed by atoms with Gasteiger partial charge in [0.2, 0.25) is 5.91 Å². The first-order valence-corrected chi connectivity index (χ1v) is 10.2. The minimum atomic E-state index is -0.190. The number of rotatable bonds is 5. The van der Waals surface area contributed by atoms with Crippen molar-refractivity contribution in [3.63, 3.8) is 0 Å². The molecule has 1 aromatic heterocycles. The Labute approximate surface area is 176 Å². The van der Waals surface area contributed by atoms with E-state index in [1.807, 2.05) is 42.8 Å². The zero-order valence-corrected chi connectivity index (χ0v) is 17.6. The quantitative estimate of drug-likeness (QED) is 0.694. The second kappa shape index (κ2) is 8.14. The number of carbonyl (C=O) groups excluding carboxylic acids is 2. The van der Waals surface area contributed by atoms with Gasteiger partial charge in [-0.25, -0.2) is 0 Å². The molecule has 0 aliphatic carbocycles. The molecule has 154 valence electrons. The highest BCUT2D eigenvalue weighted by Gasteiger charge is 2.23. The third-order valence-electron chi connectivity index (χ3n) is 5.55. The Morgan fingerprint density at radius 3 is 2.57 bits per heavy atom. The van der Waals surface area contributed by atoms with Gasteiger partial charge in [0.1, 0.15) is 0 Å². The number of hydrogen-bond donors (Lipinski definition) is 1. The fraction of sp³-hybridized carbons (Fsp3) is 0.292. The van der Waals surface area contributed by atoms with E-state index >= 15 is 0 Å². The molecule has 1 aliphatic heterocycles. The topological polar surface area (TPSA) is 67.2 Å². The molecule has 2 aromatic carbocycles. The fourth-order valence-electron chi connectivity index (χ4n) is 3.91. The number of amides is 2. The molecule has 0 atom stereocenters. The smallest absolute Gasteiger partial charge is 0.259 e. The molecule has 2 heterocycles. The van der Waals surface area contributed by atoms with Gasteiger partial charge in [-0.15, -0.1) is 0 Å². The molecule has 4 rings (SSSR count). The Morgan fingerprint density at radius 2 is 1.87 bits per heavy atom. The van der Waals surface area contributed by atoms with E-state index in [4.69, 9.17) is 0 Å². The van der Waals surface area contributed by atoms with Crippen molar-refractivity contribution in [1.82, 2.24) is 9.78 Å². The number of benzene rings is 2. The largest absolute Gasteiger partial charge is 0.322 e. The van der Waals surface area contributed by atoms with Crippen LogP contribution in [0.2, 0.25) is 0 Å². The van der Waals surface area contributed by atoms with Crippen LogP contribution >= 0.6 is 0 Å². The van der Waals surface area contributed by atoms with Crippen LogP contribution in [0.15, 0.2) is 48.5 Å². The van der Waals surface area contributed by atoms with Gasteiger partial charge in [-0.05, 0) is 51.0 Å².